The summed E-state index contributed by atoms with van der Waals surface area (Å²) < 4.78 is 7.19. The quantitative estimate of drug-likeness (QED) is 0.385. The minimum Gasteiger partial charge on any atom is -0.378 e. The molecule has 8 heteroatoms. The summed E-state index contributed by atoms with van der Waals surface area (Å²) in [7, 11) is 0. The second-order valence-corrected chi connectivity index (χ2v) is 7.15. The maximum absolute atomic E-state index is 12.9. The van der Waals surface area contributed by atoms with Gasteiger partial charge in [0, 0.05) is 35.9 Å². The first-order chi connectivity index (χ1) is 14.7. The van der Waals surface area contributed by atoms with Gasteiger partial charge in [0.15, 0.2) is 5.78 Å². The van der Waals surface area contributed by atoms with Crippen molar-refractivity contribution in [3.8, 4) is 0 Å². The van der Waals surface area contributed by atoms with Crippen molar-refractivity contribution < 1.29 is 9.53 Å². The zero-order valence-corrected chi connectivity index (χ0v) is 16.5. The highest BCUT2D eigenvalue weighted by molar-refractivity contribution is 6.08. The number of allylic oxidation sites excluding steroid dienone is 1. The minimum absolute atomic E-state index is 0.128. The van der Waals surface area contributed by atoms with Crippen molar-refractivity contribution in [1.29, 1.82) is 0 Å². The normalized spacial score (nSPS) is 14.8. The fourth-order valence-corrected chi connectivity index (χ4v) is 3.67. The highest BCUT2D eigenvalue weighted by Gasteiger charge is 2.17. The van der Waals surface area contributed by atoms with E-state index in [-0.39, 0.29) is 5.78 Å². The number of para-hydroxylation sites is 1. The van der Waals surface area contributed by atoms with Crippen molar-refractivity contribution in [1.82, 2.24) is 24.6 Å². The number of aromatic nitrogens is 5. The van der Waals surface area contributed by atoms with Crippen LogP contribution >= 0.6 is 0 Å². The van der Waals surface area contributed by atoms with Gasteiger partial charge in [-0.3, -0.25) is 9.20 Å². The molecule has 5 rings (SSSR count). The van der Waals surface area contributed by atoms with Crippen LogP contribution in [0.2, 0.25) is 0 Å². The number of anilines is 1. The van der Waals surface area contributed by atoms with Gasteiger partial charge in [0.2, 0.25) is 0 Å². The fraction of sp³-hybridized carbons (Fsp3) is 0.227. The molecule has 150 valence electrons. The summed E-state index contributed by atoms with van der Waals surface area (Å²) in [4.78, 5) is 24.2. The van der Waals surface area contributed by atoms with Crippen molar-refractivity contribution in [2.45, 2.75) is 6.92 Å². The van der Waals surface area contributed by atoms with E-state index in [0.29, 0.717) is 24.6 Å². The Labute approximate surface area is 172 Å². The smallest absolute Gasteiger partial charge is 0.254 e. The van der Waals surface area contributed by atoms with Crippen LogP contribution in [0.25, 0.3) is 22.8 Å². The van der Waals surface area contributed by atoms with Gasteiger partial charge in [0.1, 0.15) is 12.1 Å². The molecule has 1 fully saturated rings. The minimum atomic E-state index is -0.128. The Morgan fingerprint density at radius 2 is 2.03 bits per heavy atom. The number of ketones is 1. The lowest BCUT2D eigenvalue weighted by atomic mass is 10.1. The molecule has 0 N–H and O–H groups in total. The van der Waals surface area contributed by atoms with E-state index in [1.54, 1.807) is 23.0 Å². The Bertz CT molecular complexity index is 1270. The van der Waals surface area contributed by atoms with Crippen LogP contribution in [0, 0.1) is 6.92 Å². The summed E-state index contributed by atoms with van der Waals surface area (Å²) in [6.07, 6.45) is 6.52. The number of ether oxygens (including phenoxy) is 1. The average Bonchev–Trinajstić information content (AvgIpc) is 3.27. The second kappa shape index (κ2) is 7.64. The molecular weight excluding hydrogens is 380 g/mol. The topological polar surface area (TPSA) is 85.5 Å². The number of aryl methyl sites for hydroxylation is 1. The third-order valence-electron chi connectivity index (χ3n) is 5.31. The SMILES string of the molecule is Cc1c(C(=O)/C=C/c2cc3ccccc3nc2N2CCOCC2)cnc2nncn12. The maximum atomic E-state index is 12.9. The molecule has 30 heavy (non-hydrogen) atoms. The lowest BCUT2D eigenvalue weighted by molar-refractivity contribution is 0.104. The van der Waals surface area contributed by atoms with Crippen molar-refractivity contribution in [2.24, 2.45) is 0 Å². The number of rotatable bonds is 4. The fourth-order valence-electron chi connectivity index (χ4n) is 3.67. The summed E-state index contributed by atoms with van der Waals surface area (Å²) in [5, 5.41) is 8.79. The molecule has 0 amide bonds. The molecule has 0 saturated carbocycles. The van der Waals surface area contributed by atoms with Crippen LogP contribution in [0.1, 0.15) is 21.6 Å². The lowest BCUT2D eigenvalue weighted by Crippen LogP contribution is -2.37. The van der Waals surface area contributed by atoms with Gasteiger partial charge >= 0.3 is 0 Å². The van der Waals surface area contributed by atoms with Gasteiger partial charge in [-0.1, -0.05) is 18.2 Å². The van der Waals surface area contributed by atoms with Gasteiger partial charge in [0.25, 0.3) is 5.78 Å². The third kappa shape index (κ3) is 3.31. The number of hydrogen-bond donors (Lipinski definition) is 0. The van der Waals surface area contributed by atoms with Crippen molar-refractivity contribution >= 4 is 34.4 Å². The number of hydrogen-bond acceptors (Lipinski definition) is 7. The van der Waals surface area contributed by atoms with E-state index in [1.807, 2.05) is 37.3 Å². The first-order valence-corrected chi connectivity index (χ1v) is 9.81. The van der Waals surface area contributed by atoms with Gasteiger partial charge in [-0.2, -0.15) is 0 Å². The van der Waals surface area contributed by atoms with E-state index in [0.717, 1.165) is 41.1 Å². The monoisotopic (exact) mass is 400 g/mol. The molecule has 3 aromatic heterocycles. The number of pyridine rings is 1. The maximum Gasteiger partial charge on any atom is 0.254 e. The highest BCUT2D eigenvalue weighted by Crippen LogP contribution is 2.26. The summed E-state index contributed by atoms with van der Waals surface area (Å²) in [6, 6.07) is 10.1. The van der Waals surface area contributed by atoms with Crippen molar-refractivity contribution in [2.75, 3.05) is 31.2 Å². The number of benzene rings is 1. The van der Waals surface area contributed by atoms with Crippen LogP contribution in [-0.2, 0) is 4.74 Å². The molecule has 8 nitrogen and oxygen atoms in total. The molecule has 0 unspecified atom stereocenters. The van der Waals surface area contributed by atoms with Crippen LogP contribution in [-0.4, -0.2) is 56.7 Å². The molecule has 0 bridgehead atoms. The number of fused-ring (bicyclic) bond motifs is 2. The lowest BCUT2D eigenvalue weighted by Gasteiger charge is -2.29. The van der Waals surface area contributed by atoms with Gasteiger partial charge in [-0.15, -0.1) is 10.2 Å². The van der Waals surface area contributed by atoms with Crippen molar-refractivity contribution in [3.63, 3.8) is 0 Å². The predicted molar refractivity (Wildman–Crippen MR) is 114 cm³/mol. The van der Waals surface area contributed by atoms with E-state index in [2.05, 4.69) is 26.1 Å². The molecule has 4 heterocycles. The number of morpholine rings is 1. The van der Waals surface area contributed by atoms with Gasteiger partial charge in [-0.25, -0.2) is 9.97 Å². The average molecular weight is 400 g/mol. The van der Waals surface area contributed by atoms with E-state index in [9.17, 15) is 4.79 Å². The van der Waals surface area contributed by atoms with Crippen LogP contribution in [0.3, 0.4) is 0 Å². The summed E-state index contributed by atoms with van der Waals surface area (Å²) in [5.41, 5.74) is 3.10. The molecule has 1 aliphatic rings. The predicted octanol–water partition coefficient (Wildman–Crippen LogP) is 2.71. The Morgan fingerprint density at radius 1 is 1.20 bits per heavy atom. The van der Waals surface area contributed by atoms with Gasteiger partial charge < -0.3 is 9.64 Å². The Kier molecular flexibility index (Phi) is 4.68. The van der Waals surface area contributed by atoms with Crippen LogP contribution in [0.4, 0.5) is 5.82 Å². The first kappa shape index (κ1) is 18.4. The van der Waals surface area contributed by atoms with E-state index in [1.165, 1.54) is 0 Å². The third-order valence-corrected chi connectivity index (χ3v) is 5.31. The Morgan fingerprint density at radius 3 is 2.90 bits per heavy atom. The number of carbonyl (C=O) groups is 1. The first-order valence-electron chi connectivity index (χ1n) is 9.81. The van der Waals surface area contributed by atoms with E-state index >= 15 is 0 Å². The molecular formula is C22H20N6O2. The molecule has 4 aromatic rings. The van der Waals surface area contributed by atoms with Gasteiger partial charge in [0.05, 0.1) is 24.3 Å². The molecule has 0 spiro atoms. The second-order valence-electron chi connectivity index (χ2n) is 7.15. The molecule has 0 aliphatic carbocycles. The zero-order valence-electron chi connectivity index (χ0n) is 16.5. The molecule has 1 aliphatic heterocycles. The van der Waals surface area contributed by atoms with E-state index < -0.39 is 0 Å². The highest BCUT2D eigenvalue weighted by atomic mass is 16.5. The van der Waals surface area contributed by atoms with Crippen LogP contribution in [0.15, 0.2) is 48.9 Å². The molecule has 1 aromatic carbocycles. The Hall–Kier alpha value is -3.65. The largest absolute Gasteiger partial charge is 0.378 e. The molecule has 0 atom stereocenters. The molecule has 1 saturated heterocycles. The van der Waals surface area contributed by atoms with Gasteiger partial charge in [-0.05, 0) is 31.2 Å². The number of carbonyl (C=O) groups excluding carboxylic acids is 1. The summed E-state index contributed by atoms with van der Waals surface area (Å²) in [6.45, 7) is 4.73. The summed E-state index contributed by atoms with van der Waals surface area (Å²) >= 11 is 0. The number of nitrogens with zero attached hydrogens (tertiary/aromatic N) is 6. The van der Waals surface area contributed by atoms with Crippen LogP contribution < -0.4 is 4.90 Å². The van der Waals surface area contributed by atoms with Crippen molar-refractivity contribution in [3.05, 3.63) is 65.8 Å². The standard InChI is InChI=1S/C22H20N6O2/c1-15-18(13-23-22-26-24-14-28(15)22)20(29)7-6-17-12-16-4-2-3-5-19(16)25-21(17)27-8-10-30-11-9-27/h2-7,12-14H,8-11H2,1H3/b7-6+. The molecule has 0 radical (unpaired) electrons. The van der Waals surface area contributed by atoms with E-state index in [4.69, 9.17) is 9.72 Å². The zero-order chi connectivity index (χ0) is 20.5. The van der Waals surface area contributed by atoms with Crippen LogP contribution in [0.5, 0.6) is 0 Å². The Balaban J connectivity index is 1.53. The summed E-state index contributed by atoms with van der Waals surface area (Å²) in [5.74, 6) is 1.21.